The molecule has 2 nitrogen and oxygen atoms in total. The summed E-state index contributed by atoms with van der Waals surface area (Å²) < 4.78 is 0. The molecule has 1 rings (SSSR count). The molecule has 0 aliphatic carbocycles. The van der Waals surface area contributed by atoms with E-state index >= 15 is 0 Å². The third-order valence-electron chi connectivity index (χ3n) is 3.54. The number of nitrogens with one attached hydrogen (secondary N) is 1. The van der Waals surface area contributed by atoms with Crippen LogP contribution in [0.1, 0.15) is 65.2 Å². The average molecular weight is 289 g/mol. The molecule has 0 spiro atoms. The molecule has 0 saturated heterocycles. The van der Waals surface area contributed by atoms with Gasteiger partial charge in [0.05, 0.1) is 0 Å². The first kappa shape index (κ1) is 17.8. The van der Waals surface area contributed by atoms with Crippen LogP contribution in [-0.4, -0.2) is 11.7 Å². The number of aromatic hydroxyl groups is 1. The molecule has 0 radical (unpaired) electrons. The second-order valence-electron chi connectivity index (χ2n) is 8.10. The number of phenolic OH excluding ortho intramolecular Hbond substituents is 1. The van der Waals surface area contributed by atoms with Crippen molar-refractivity contribution >= 4 is 0 Å². The van der Waals surface area contributed by atoms with Gasteiger partial charge >= 0.3 is 0 Å². The summed E-state index contributed by atoms with van der Waals surface area (Å²) in [5.41, 5.74) is 4.22. The molecule has 1 aromatic rings. The van der Waals surface area contributed by atoms with Crippen LogP contribution in [0.2, 0.25) is 0 Å². The molecule has 21 heavy (non-hydrogen) atoms. The van der Waals surface area contributed by atoms with E-state index in [9.17, 15) is 5.11 Å². The maximum absolute atomic E-state index is 10.7. The summed E-state index contributed by atoms with van der Waals surface area (Å²) in [6.07, 6.45) is 0. The molecule has 0 aromatic heterocycles. The second-order valence-corrected chi connectivity index (χ2v) is 8.10. The van der Waals surface area contributed by atoms with Crippen molar-refractivity contribution in [2.24, 2.45) is 0 Å². The minimum Gasteiger partial charge on any atom is -0.507 e. The molecule has 0 aliphatic rings. The predicted molar refractivity (Wildman–Crippen MR) is 92.0 cm³/mol. The van der Waals surface area contributed by atoms with E-state index in [4.69, 9.17) is 0 Å². The SMILES string of the molecule is C=C(C)CNCc1cc(C(C)(C)C)c(O)c(C(C)(C)C)c1. The molecule has 0 heterocycles. The van der Waals surface area contributed by atoms with Gasteiger partial charge in [0.2, 0.25) is 0 Å². The molecule has 118 valence electrons. The summed E-state index contributed by atoms with van der Waals surface area (Å²) in [4.78, 5) is 0. The topological polar surface area (TPSA) is 32.3 Å². The summed E-state index contributed by atoms with van der Waals surface area (Å²) >= 11 is 0. The van der Waals surface area contributed by atoms with Crippen LogP contribution in [0.5, 0.6) is 5.75 Å². The number of hydrogen-bond donors (Lipinski definition) is 2. The van der Waals surface area contributed by atoms with Crippen molar-refractivity contribution in [2.75, 3.05) is 6.54 Å². The molecule has 2 heteroatoms. The van der Waals surface area contributed by atoms with E-state index in [0.29, 0.717) is 5.75 Å². The lowest BCUT2D eigenvalue weighted by Gasteiger charge is -2.28. The largest absolute Gasteiger partial charge is 0.507 e. The highest BCUT2D eigenvalue weighted by Gasteiger charge is 2.26. The quantitative estimate of drug-likeness (QED) is 0.791. The fraction of sp³-hybridized carbons (Fsp3) is 0.579. The second kappa shape index (κ2) is 6.23. The van der Waals surface area contributed by atoms with Gasteiger partial charge in [0.15, 0.2) is 0 Å². The Morgan fingerprint density at radius 2 is 1.48 bits per heavy atom. The maximum atomic E-state index is 10.7. The Morgan fingerprint density at radius 1 is 1.05 bits per heavy atom. The minimum absolute atomic E-state index is 0.0750. The van der Waals surface area contributed by atoms with E-state index in [-0.39, 0.29) is 10.8 Å². The summed E-state index contributed by atoms with van der Waals surface area (Å²) in [6.45, 7) is 20.4. The van der Waals surface area contributed by atoms with Gasteiger partial charge in [-0.2, -0.15) is 0 Å². The molecule has 1 aromatic carbocycles. The van der Waals surface area contributed by atoms with Crippen LogP contribution >= 0.6 is 0 Å². The molecule has 0 unspecified atom stereocenters. The van der Waals surface area contributed by atoms with Crippen LogP contribution in [0.3, 0.4) is 0 Å². The van der Waals surface area contributed by atoms with Crippen LogP contribution in [0.15, 0.2) is 24.3 Å². The smallest absolute Gasteiger partial charge is 0.123 e. The highest BCUT2D eigenvalue weighted by Crippen LogP contribution is 2.39. The van der Waals surface area contributed by atoms with Gasteiger partial charge < -0.3 is 10.4 Å². The Kier molecular flexibility index (Phi) is 5.27. The third-order valence-corrected chi connectivity index (χ3v) is 3.54. The van der Waals surface area contributed by atoms with Crippen LogP contribution in [0, 0.1) is 0 Å². The number of benzene rings is 1. The zero-order valence-corrected chi connectivity index (χ0v) is 14.7. The standard InChI is InChI=1S/C19H31NO/c1-13(2)11-20-12-14-9-15(18(3,4)5)17(21)16(10-14)19(6,7)8/h9-10,20-21H,1,11-12H2,2-8H3. The minimum atomic E-state index is -0.0750. The summed E-state index contributed by atoms with van der Waals surface area (Å²) in [7, 11) is 0. The first-order chi connectivity index (χ1) is 9.43. The van der Waals surface area contributed by atoms with Crippen LogP contribution < -0.4 is 5.32 Å². The normalized spacial score (nSPS) is 12.5. The predicted octanol–water partition coefficient (Wildman–Crippen LogP) is 4.65. The molecule has 0 saturated carbocycles. The van der Waals surface area contributed by atoms with Gasteiger partial charge in [0.1, 0.15) is 5.75 Å². The van der Waals surface area contributed by atoms with Crippen molar-refractivity contribution in [3.05, 3.63) is 41.0 Å². The lowest BCUT2D eigenvalue weighted by atomic mass is 9.78. The maximum Gasteiger partial charge on any atom is 0.123 e. The van der Waals surface area contributed by atoms with Gasteiger partial charge in [-0.3, -0.25) is 0 Å². The molecule has 0 amide bonds. The van der Waals surface area contributed by atoms with E-state index in [1.807, 2.05) is 6.92 Å². The van der Waals surface area contributed by atoms with E-state index < -0.39 is 0 Å². The van der Waals surface area contributed by atoms with Gasteiger partial charge in [-0.1, -0.05) is 65.8 Å². The first-order valence-electron chi connectivity index (χ1n) is 7.65. The Labute approximate surface area is 130 Å². The van der Waals surface area contributed by atoms with Crippen LogP contribution in [0.4, 0.5) is 0 Å². The van der Waals surface area contributed by atoms with Crippen molar-refractivity contribution in [3.8, 4) is 5.75 Å². The zero-order valence-electron chi connectivity index (χ0n) is 14.7. The van der Waals surface area contributed by atoms with Gasteiger partial charge in [-0.25, -0.2) is 0 Å². The molecule has 2 N–H and O–H groups in total. The van der Waals surface area contributed by atoms with Crippen molar-refractivity contribution in [3.63, 3.8) is 0 Å². The summed E-state index contributed by atoms with van der Waals surface area (Å²) in [5.74, 6) is 0.443. The Hall–Kier alpha value is -1.28. The molecular weight excluding hydrogens is 258 g/mol. The number of hydrogen-bond acceptors (Lipinski definition) is 2. The fourth-order valence-electron chi connectivity index (χ4n) is 2.36. The average Bonchev–Trinajstić information content (AvgIpc) is 2.27. The Morgan fingerprint density at radius 3 is 1.81 bits per heavy atom. The van der Waals surface area contributed by atoms with Crippen LogP contribution in [-0.2, 0) is 17.4 Å². The number of phenols is 1. The summed E-state index contributed by atoms with van der Waals surface area (Å²) in [6, 6.07) is 4.24. The highest BCUT2D eigenvalue weighted by atomic mass is 16.3. The lowest BCUT2D eigenvalue weighted by Crippen LogP contribution is -2.20. The lowest BCUT2D eigenvalue weighted by molar-refractivity contribution is 0.422. The Balaban J connectivity index is 3.24. The highest BCUT2D eigenvalue weighted by molar-refractivity contribution is 5.49. The van der Waals surface area contributed by atoms with Crippen molar-refractivity contribution in [1.82, 2.24) is 5.32 Å². The fourth-order valence-corrected chi connectivity index (χ4v) is 2.36. The van der Waals surface area contributed by atoms with Crippen molar-refractivity contribution in [1.29, 1.82) is 0 Å². The first-order valence-corrected chi connectivity index (χ1v) is 7.65. The van der Waals surface area contributed by atoms with Gasteiger partial charge in [-0.15, -0.1) is 0 Å². The molecule has 0 aliphatic heterocycles. The third kappa shape index (κ3) is 4.89. The van der Waals surface area contributed by atoms with Crippen LogP contribution in [0.25, 0.3) is 0 Å². The molecule has 0 bridgehead atoms. The van der Waals surface area contributed by atoms with E-state index in [1.165, 1.54) is 5.56 Å². The molecule has 0 atom stereocenters. The summed E-state index contributed by atoms with van der Waals surface area (Å²) in [5, 5.41) is 14.1. The number of rotatable bonds is 4. The van der Waals surface area contributed by atoms with E-state index in [2.05, 4.69) is 65.6 Å². The zero-order chi connectivity index (χ0) is 16.4. The monoisotopic (exact) mass is 289 g/mol. The van der Waals surface area contributed by atoms with Gasteiger partial charge in [0, 0.05) is 13.1 Å². The van der Waals surface area contributed by atoms with Crippen molar-refractivity contribution in [2.45, 2.75) is 65.8 Å². The Bertz CT molecular complexity index is 480. The van der Waals surface area contributed by atoms with E-state index in [0.717, 1.165) is 29.8 Å². The van der Waals surface area contributed by atoms with E-state index in [1.54, 1.807) is 0 Å². The van der Waals surface area contributed by atoms with Gasteiger partial charge in [-0.05, 0) is 34.4 Å². The molecular formula is C19H31NO. The molecule has 0 fully saturated rings. The van der Waals surface area contributed by atoms with Gasteiger partial charge in [0.25, 0.3) is 0 Å². The van der Waals surface area contributed by atoms with Crippen molar-refractivity contribution < 1.29 is 5.11 Å².